The van der Waals surface area contributed by atoms with Crippen molar-refractivity contribution in [2.45, 2.75) is 53.0 Å². The quantitative estimate of drug-likeness (QED) is 0.222. The number of nitrogens with zero attached hydrogens (tertiary/aromatic N) is 2. The lowest BCUT2D eigenvalue weighted by molar-refractivity contribution is 0.380. The number of halogens is 1. The number of guanidine groups is 1. The first-order valence-electron chi connectivity index (χ1n) is 9.83. The maximum atomic E-state index is 5.42. The van der Waals surface area contributed by atoms with Gasteiger partial charge < -0.3 is 19.9 Å². The highest BCUT2D eigenvalue weighted by atomic mass is 127. The van der Waals surface area contributed by atoms with E-state index in [0.717, 1.165) is 67.5 Å². The fourth-order valence-electron chi connectivity index (χ4n) is 2.94. The van der Waals surface area contributed by atoms with E-state index < -0.39 is 0 Å². The van der Waals surface area contributed by atoms with Gasteiger partial charge in [0.1, 0.15) is 11.5 Å². The summed E-state index contributed by atoms with van der Waals surface area (Å²) < 4.78 is 10.7. The van der Waals surface area contributed by atoms with Crippen LogP contribution in [0.3, 0.4) is 0 Å². The Labute approximate surface area is 185 Å². The van der Waals surface area contributed by atoms with Crippen molar-refractivity contribution in [1.82, 2.24) is 15.8 Å². The van der Waals surface area contributed by atoms with Crippen molar-refractivity contribution in [1.29, 1.82) is 0 Å². The van der Waals surface area contributed by atoms with E-state index in [1.165, 1.54) is 5.56 Å². The molecule has 1 heterocycles. The second kappa shape index (κ2) is 13.4. The van der Waals surface area contributed by atoms with Crippen LogP contribution in [0.1, 0.15) is 49.8 Å². The summed E-state index contributed by atoms with van der Waals surface area (Å²) >= 11 is 0. The summed E-state index contributed by atoms with van der Waals surface area (Å²) in [7, 11) is 1.70. The van der Waals surface area contributed by atoms with E-state index in [4.69, 9.17) is 14.3 Å². The molecule has 0 aliphatic rings. The molecule has 6 nitrogen and oxygen atoms in total. The number of benzene rings is 1. The molecule has 0 unspecified atom stereocenters. The van der Waals surface area contributed by atoms with Crippen molar-refractivity contribution in [3.05, 3.63) is 46.8 Å². The number of ether oxygens (including phenoxy) is 1. The summed E-state index contributed by atoms with van der Waals surface area (Å²) in [5.74, 6) is 2.67. The van der Waals surface area contributed by atoms with Crippen LogP contribution in [0.4, 0.5) is 0 Å². The second-order valence-corrected chi connectivity index (χ2v) is 6.32. The van der Waals surface area contributed by atoms with Gasteiger partial charge in [-0.2, -0.15) is 0 Å². The molecule has 7 heteroatoms. The van der Waals surface area contributed by atoms with Crippen LogP contribution in [-0.2, 0) is 25.8 Å². The summed E-state index contributed by atoms with van der Waals surface area (Å²) in [5, 5.41) is 10.9. The van der Waals surface area contributed by atoms with Crippen molar-refractivity contribution in [3.63, 3.8) is 0 Å². The van der Waals surface area contributed by atoms with E-state index in [9.17, 15) is 0 Å². The second-order valence-electron chi connectivity index (χ2n) is 6.32. The number of nitrogens with one attached hydrogen (secondary N) is 2. The number of aryl methyl sites for hydroxylation is 3. The first kappa shape index (κ1) is 24.3. The molecule has 0 spiro atoms. The van der Waals surface area contributed by atoms with E-state index in [2.05, 4.69) is 48.7 Å². The molecule has 0 fully saturated rings. The average molecular weight is 500 g/mol. The van der Waals surface area contributed by atoms with Crippen LogP contribution in [0.2, 0.25) is 0 Å². The van der Waals surface area contributed by atoms with Gasteiger partial charge in [-0.25, -0.2) is 4.99 Å². The molecule has 2 rings (SSSR count). The Hall–Kier alpha value is -1.77. The fraction of sp³-hybridized carbons (Fsp3) is 0.524. The molecule has 2 N–H and O–H groups in total. The predicted molar refractivity (Wildman–Crippen MR) is 125 cm³/mol. The van der Waals surface area contributed by atoms with Crippen molar-refractivity contribution >= 4 is 29.9 Å². The van der Waals surface area contributed by atoms with Crippen LogP contribution in [-0.4, -0.2) is 31.3 Å². The molecule has 0 saturated heterocycles. The molecule has 0 radical (unpaired) electrons. The van der Waals surface area contributed by atoms with Crippen LogP contribution in [0, 0.1) is 0 Å². The molecule has 156 valence electrons. The maximum Gasteiger partial charge on any atom is 0.191 e. The largest absolute Gasteiger partial charge is 0.497 e. The van der Waals surface area contributed by atoms with Crippen LogP contribution in [0.15, 0.2) is 33.8 Å². The molecular weight excluding hydrogens is 467 g/mol. The molecule has 0 saturated carbocycles. The van der Waals surface area contributed by atoms with Crippen LogP contribution in [0.5, 0.6) is 5.75 Å². The van der Waals surface area contributed by atoms with E-state index in [-0.39, 0.29) is 24.0 Å². The minimum absolute atomic E-state index is 0. The van der Waals surface area contributed by atoms with Crippen LogP contribution in [0.25, 0.3) is 0 Å². The third-order valence-electron chi connectivity index (χ3n) is 4.42. The summed E-state index contributed by atoms with van der Waals surface area (Å²) in [4.78, 5) is 4.72. The molecule has 0 atom stereocenters. The summed E-state index contributed by atoms with van der Waals surface area (Å²) in [6, 6.07) is 8.22. The molecule has 0 amide bonds. The lowest BCUT2D eigenvalue weighted by Crippen LogP contribution is -2.37. The van der Waals surface area contributed by atoms with Gasteiger partial charge in [-0.1, -0.05) is 31.1 Å². The van der Waals surface area contributed by atoms with Gasteiger partial charge in [0.15, 0.2) is 5.96 Å². The Morgan fingerprint density at radius 1 is 1.18 bits per heavy atom. The Bertz CT molecular complexity index is 709. The van der Waals surface area contributed by atoms with Gasteiger partial charge >= 0.3 is 0 Å². The van der Waals surface area contributed by atoms with Crippen molar-refractivity contribution in [3.8, 4) is 5.75 Å². The third kappa shape index (κ3) is 7.33. The molecule has 1 aromatic carbocycles. The van der Waals surface area contributed by atoms with Crippen molar-refractivity contribution in [2.24, 2.45) is 4.99 Å². The number of rotatable bonds is 10. The van der Waals surface area contributed by atoms with Crippen molar-refractivity contribution < 1.29 is 9.26 Å². The van der Waals surface area contributed by atoms with E-state index in [1.54, 1.807) is 7.11 Å². The normalized spacial score (nSPS) is 11.1. The van der Waals surface area contributed by atoms with E-state index in [1.807, 2.05) is 12.1 Å². The minimum atomic E-state index is 0. The topological polar surface area (TPSA) is 71.7 Å². The first-order valence-corrected chi connectivity index (χ1v) is 9.83. The van der Waals surface area contributed by atoms with E-state index >= 15 is 0 Å². The van der Waals surface area contributed by atoms with Gasteiger partial charge in [-0.05, 0) is 43.9 Å². The molecule has 0 aliphatic carbocycles. The number of hydrogen-bond acceptors (Lipinski definition) is 4. The lowest BCUT2D eigenvalue weighted by atomic mass is 10.1. The highest BCUT2D eigenvalue weighted by Gasteiger charge is 2.13. The number of aliphatic imine (C=N–C) groups is 1. The maximum absolute atomic E-state index is 5.42. The highest BCUT2D eigenvalue weighted by molar-refractivity contribution is 14.0. The Kier molecular flexibility index (Phi) is 11.6. The molecule has 1 aromatic heterocycles. The zero-order chi connectivity index (χ0) is 19.5. The Morgan fingerprint density at radius 2 is 2.00 bits per heavy atom. The summed E-state index contributed by atoms with van der Waals surface area (Å²) in [5.41, 5.74) is 3.40. The van der Waals surface area contributed by atoms with E-state index in [0.29, 0.717) is 6.54 Å². The summed E-state index contributed by atoms with van der Waals surface area (Å²) in [6.45, 7) is 8.51. The zero-order valence-corrected chi connectivity index (χ0v) is 19.7. The smallest absolute Gasteiger partial charge is 0.191 e. The number of hydrogen-bond donors (Lipinski definition) is 2. The molecule has 28 heavy (non-hydrogen) atoms. The van der Waals surface area contributed by atoms with Gasteiger partial charge in [-0.3, -0.25) is 0 Å². The van der Waals surface area contributed by atoms with Crippen molar-refractivity contribution in [2.75, 3.05) is 20.2 Å². The Morgan fingerprint density at radius 3 is 2.68 bits per heavy atom. The number of methoxy groups -OCH3 is 1. The van der Waals surface area contributed by atoms with Gasteiger partial charge in [0.05, 0.1) is 19.3 Å². The van der Waals surface area contributed by atoms with Gasteiger partial charge in [0.2, 0.25) is 0 Å². The summed E-state index contributed by atoms with van der Waals surface area (Å²) in [6.07, 6.45) is 3.71. The monoisotopic (exact) mass is 500 g/mol. The molecular formula is C21H33IN4O2. The fourth-order valence-corrected chi connectivity index (χ4v) is 2.94. The standard InChI is InChI=1S/C21H32N4O2.HI/c1-5-19-18(20(6-2)27-25-19)15-24-21(22-7-3)23-13-9-11-16-10-8-12-17(14-16)26-4;/h8,10,12,14H,5-7,9,11,13,15H2,1-4H3,(H2,22,23,24);1H. The third-order valence-corrected chi connectivity index (χ3v) is 4.42. The van der Waals surface area contributed by atoms with Crippen LogP contribution >= 0.6 is 24.0 Å². The average Bonchev–Trinajstić information content (AvgIpc) is 3.11. The predicted octanol–water partition coefficient (Wildman–Crippen LogP) is 4.11. The first-order chi connectivity index (χ1) is 13.2. The zero-order valence-electron chi connectivity index (χ0n) is 17.4. The minimum Gasteiger partial charge on any atom is -0.497 e. The van der Waals surface area contributed by atoms with Gasteiger partial charge in [-0.15, -0.1) is 24.0 Å². The van der Waals surface area contributed by atoms with Crippen LogP contribution < -0.4 is 15.4 Å². The van der Waals surface area contributed by atoms with Gasteiger partial charge in [0, 0.05) is 25.1 Å². The molecule has 0 bridgehead atoms. The lowest BCUT2D eigenvalue weighted by Gasteiger charge is -2.11. The van der Waals surface area contributed by atoms with Gasteiger partial charge in [0.25, 0.3) is 0 Å². The Balaban J connectivity index is 0.00000392. The number of aromatic nitrogens is 1. The highest BCUT2D eigenvalue weighted by Crippen LogP contribution is 2.17. The SMILES string of the molecule is CCNC(=NCc1c(CC)noc1CC)NCCCc1cccc(OC)c1.I. The molecule has 0 aliphatic heterocycles. The molecule has 2 aromatic rings.